The molecule has 12 heavy (non-hydrogen) atoms. The van der Waals surface area contributed by atoms with Crippen LogP contribution >= 0.6 is 0 Å². The zero-order chi connectivity index (χ0) is 9.40. The third-order valence-corrected chi connectivity index (χ3v) is 1.26. The van der Waals surface area contributed by atoms with Crippen molar-refractivity contribution >= 4 is 5.91 Å². The third-order valence-electron chi connectivity index (χ3n) is 1.26. The Morgan fingerprint density at radius 3 is 2.75 bits per heavy atom. The van der Waals surface area contributed by atoms with Gasteiger partial charge in [0.2, 0.25) is 5.91 Å². The zero-order valence-corrected chi connectivity index (χ0v) is 7.55. The van der Waals surface area contributed by atoms with Gasteiger partial charge in [-0.25, -0.2) is 0 Å². The molecule has 0 aliphatic heterocycles. The van der Waals surface area contributed by atoms with Gasteiger partial charge in [0.15, 0.2) is 6.19 Å². The van der Waals surface area contributed by atoms with Crippen LogP contribution < -0.4 is 10.6 Å². The number of nitrogens with zero attached hydrogens (tertiary/aromatic N) is 1. The van der Waals surface area contributed by atoms with Gasteiger partial charge in [0, 0.05) is 19.5 Å². The fraction of sp³-hybridized carbons (Fsp3) is 0.750. The van der Waals surface area contributed by atoms with Crippen LogP contribution in [0.15, 0.2) is 0 Å². The predicted molar refractivity (Wildman–Crippen MR) is 46.1 cm³/mol. The first-order valence-corrected chi connectivity index (χ1v) is 4.05. The highest BCUT2D eigenvalue weighted by Crippen LogP contribution is 1.87. The number of nitrogens with one attached hydrogen (secondary N) is 2. The van der Waals surface area contributed by atoms with Crippen molar-refractivity contribution in [3.63, 3.8) is 0 Å². The maximum absolute atomic E-state index is 11.0. The molecule has 0 bridgehead atoms. The van der Waals surface area contributed by atoms with Gasteiger partial charge in [-0.3, -0.25) is 4.79 Å². The molecule has 4 nitrogen and oxygen atoms in total. The summed E-state index contributed by atoms with van der Waals surface area (Å²) in [7, 11) is 0. The van der Waals surface area contributed by atoms with Crippen LogP contribution in [0.2, 0.25) is 0 Å². The van der Waals surface area contributed by atoms with Crippen LogP contribution in [0.4, 0.5) is 0 Å². The highest BCUT2D eigenvalue weighted by molar-refractivity contribution is 5.76. The number of nitriles is 1. The average molecular weight is 169 g/mol. The molecule has 0 aromatic carbocycles. The quantitative estimate of drug-likeness (QED) is 0.351. The summed E-state index contributed by atoms with van der Waals surface area (Å²) in [5.41, 5.74) is 0. The molecule has 0 aliphatic rings. The van der Waals surface area contributed by atoms with E-state index < -0.39 is 0 Å². The van der Waals surface area contributed by atoms with E-state index in [1.54, 1.807) is 6.19 Å². The lowest BCUT2D eigenvalue weighted by molar-refractivity contribution is -0.121. The van der Waals surface area contributed by atoms with Crippen LogP contribution in [0.3, 0.4) is 0 Å². The van der Waals surface area contributed by atoms with Crippen molar-refractivity contribution in [2.24, 2.45) is 5.92 Å². The van der Waals surface area contributed by atoms with Crippen LogP contribution in [-0.4, -0.2) is 19.0 Å². The van der Waals surface area contributed by atoms with E-state index in [9.17, 15) is 4.79 Å². The predicted octanol–water partition coefficient (Wildman–Crippen LogP) is 0.219. The molecule has 0 rings (SSSR count). The Balaban J connectivity index is 3.29. The fourth-order valence-corrected chi connectivity index (χ4v) is 0.638. The van der Waals surface area contributed by atoms with Crippen LogP contribution in [0.25, 0.3) is 0 Å². The number of hydrogen-bond donors (Lipinski definition) is 2. The molecular formula is C8H15N3O. The molecule has 0 atom stereocenters. The summed E-state index contributed by atoms with van der Waals surface area (Å²) in [5, 5.41) is 13.3. The molecule has 2 N–H and O–H groups in total. The molecule has 0 aromatic heterocycles. The Bertz CT molecular complexity index is 172. The second-order valence-electron chi connectivity index (χ2n) is 2.99. The maximum Gasteiger partial charge on any atom is 0.221 e. The topological polar surface area (TPSA) is 64.9 Å². The standard InChI is InChI=1S/C8H15N3O/c1-7(2)5-11-8(12)3-4-10-6-9/h7,10H,3-5H2,1-2H3,(H,11,12). The highest BCUT2D eigenvalue weighted by Gasteiger charge is 2.00. The molecule has 0 heterocycles. The highest BCUT2D eigenvalue weighted by atomic mass is 16.1. The summed E-state index contributed by atoms with van der Waals surface area (Å²) in [4.78, 5) is 11.0. The van der Waals surface area contributed by atoms with Gasteiger partial charge in [-0.05, 0) is 5.92 Å². The van der Waals surface area contributed by atoms with E-state index in [1.165, 1.54) is 0 Å². The normalized spacial score (nSPS) is 9.17. The summed E-state index contributed by atoms with van der Waals surface area (Å²) in [5.74, 6) is 0.462. The first-order valence-electron chi connectivity index (χ1n) is 4.05. The second-order valence-corrected chi connectivity index (χ2v) is 2.99. The van der Waals surface area contributed by atoms with E-state index in [2.05, 4.69) is 10.6 Å². The summed E-state index contributed by atoms with van der Waals surface area (Å²) >= 11 is 0. The van der Waals surface area contributed by atoms with E-state index in [1.807, 2.05) is 13.8 Å². The van der Waals surface area contributed by atoms with Crippen molar-refractivity contribution < 1.29 is 4.79 Å². The fourth-order valence-electron chi connectivity index (χ4n) is 0.638. The zero-order valence-electron chi connectivity index (χ0n) is 7.55. The van der Waals surface area contributed by atoms with Gasteiger partial charge in [0.1, 0.15) is 0 Å². The Labute approximate surface area is 72.9 Å². The number of hydrogen-bond acceptors (Lipinski definition) is 3. The van der Waals surface area contributed by atoms with Gasteiger partial charge in [-0.15, -0.1) is 0 Å². The van der Waals surface area contributed by atoms with Crippen LogP contribution in [0, 0.1) is 17.4 Å². The summed E-state index contributed by atoms with van der Waals surface area (Å²) < 4.78 is 0. The van der Waals surface area contributed by atoms with Crippen molar-refractivity contribution in [3.05, 3.63) is 0 Å². The molecular weight excluding hydrogens is 154 g/mol. The van der Waals surface area contributed by atoms with E-state index in [4.69, 9.17) is 5.26 Å². The van der Waals surface area contributed by atoms with E-state index in [-0.39, 0.29) is 5.91 Å². The summed E-state index contributed by atoms with van der Waals surface area (Å²) in [6.07, 6.45) is 2.12. The first-order chi connectivity index (χ1) is 5.66. The lowest BCUT2D eigenvalue weighted by atomic mass is 10.2. The minimum atomic E-state index is -0.00792. The minimum absolute atomic E-state index is 0.00792. The lowest BCUT2D eigenvalue weighted by Crippen LogP contribution is -2.29. The Morgan fingerprint density at radius 1 is 1.58 bits per heavy atom. The van der Waals surface area contributed by atoms with E-state index in [0.717, 1.165) is 0 Å². The second kappa shape index (κ2) is 6.47. The van der Waals surface area contributed by atoms with E-state index in [0.29, 0.717) is 25.4 Å². The Morgan fingerprint density at radius 2 is 2.25 bits per heavy atom. The van der Waals surface area contributed by atoms with Crippen LogP contribution in [-0.2, 0) is 4.79 Å². The number of carbonyl (C=O) groups excluding carboxylic acids is 1. The minimum Gasteiger partial charge on any atom is -0.356 e. The van der Waals surface area contributed by atoms with Crippen molar-refractivity contribution in [3.8, 4) is 6.19 Å². The van der Waals surface area contributed by atoms with Crippen LogP contribution in [0.1, 0.15) is 20.3 Å². The van der Waals surface area contributed by atoms with Gasteiger partial charge in [-0.2, -0.15) is 5.26 Å². The molecule has 0 saturated carbocycles. The van der Waals surface area contributed by atoms with Gasteiger partial charge < -0.3 is 10.6 Å². The molecule has 0 aromatic rings. The van der Waals surface area contributed by atoms with Gasteiger partial charge in [-0.1, -0.05) is 13.8 Å². The molecule has 0 fully saturated rings. The van der Waals surface area contributed by atoms with Crippen molar-refractivity contribution in [1.82, 2.24) is 10.6 Å². The molecule has 1 amide bonds. The SMILES string of the molecule is CC(C)CNC(=O)CCNC#N. The van der Waals surface area contributed by atoms with Gasteiger partial charge >= 0.3 is 0 Å². The smallest absolute Gasteiger partial charge is 0.221 e. The molecule has 0 spiro atoms. The first kappa shape index (κ1) is 10.8. The summed E-state index contributed by atoms with van der Waals surface area (Å²) in [6, 6.07) is 0. The van der Waals surface area contributed by atoms with Crippen molar-refractivity contribution in [2.45, 2.75) is 20.3 Å². The van der Waals surface area contributed by atoms with Gasteiger partial charge in [0.25, 0.3) is 0 Å². The maximum atomic E-state index is 11.0. The van der Waals surface area contributed by atoms with Crippen LogP contribution in [0.5, 0.6) is 0 Å². The Hall–Kier alpha value is -1.24. The number of carbonyl (C=O) groups is 1. The Kier molecular flexibility index (Phi) is 5.80. The molecule has 0 aliphatic carbocycles. The van der Waals surface area contributed by atoms with Gasteiger partial charge in [0.05, 0.1) is 0 Å². The molecule has 4 heteroatoms. The van der Waals surface area contributed by atoms with Crippen molar-refractivity contribution in [1.29, 1.82) is 5.26 Å². The summed E-state index contributed by atoms with van der Waals surface area (Å²) in [6.45, 7) is 5.19. The average Bonchev–Trinajstić information content (AvgIpc) is 2.01. The largest absolute Gasteiger partial charge is 0.356 e. The number of amides is 1. The third kappa shape index (κ3) is 6.87. The molecule has 0 saturated heterocycles. The van der Waals surface area contributed by atoms with E-state index >= 15 is 0 Å². The lowest BCUT2D eigenvalue weighted by Gasteiger charge is -2.06. The number of rotatable bonds is 5. The monoisotopic (exact) mass is 169 g/mol. The molecule has 68 valence electrons. The molecule has 0 radical (unpaired) electrons. The molecule has 0 unspecified atom stereocenters. The van der Waals surface area contributed by atoms with Crippen molar-refractivity contribution in [2.75, 3.05) is 13.1 Å².